The van der Waals surface area contributed by atoms with Gasteiger partial charge in [0.2, 0.25) is 0 Å². The minimum absolute atomic E-state index is 0.0261. The molecule has 1 aliphatic heterocycles. The van der Waals surface area contributed by atoms with Crippen molar-refractivity contribution in [2.24, 2.45) is 61.2 Å². The number of nitrogens with zero attached hydrogens (tertiary/aromatic N) is 2. The number of aliphatic imine (C=N–C) groups is 1. The number of hydrogen-bond donors (Lipinski definition) is 2. The summed E-state index contributed by atoms with van der Waals surface area (Å²) in [6.07, 6.45) is 11.2. The lowest BCUT2D eigenvalue weighted by Crippen LogP contribution is -2.67. The molecule has 0 unspecified atom stereocenters. The van der Waals surface area contributed by atoms with Crippen molar-refractivity contribution in [2.45, 2.75) is 112 Å². The predicted molar refractivity (Wildman–Crippen MR) is 156 cm³/mol. The molecule has 6 rings (SSSR count). The lowest BCUT2D eigenvalue weighted by atomic mass is 9.33. The second-order valence-electron chi connectivity index (χ2n) is 16.9. The van der Waals surface area contributed by atoms with Crippen LogP contribution in [0.25, 0.3) is 0 Å². The molecule has 2 N–H and O–H groups in total. The number of aliphatic hydroxyl groups excluding tert-OH is 1. The van der Waals surface area contributed by atoms with Crippen molar-refractivity contribution in [3.8, 4) is 0 Å². The van der Waals surface area contributed by atoms with E-state index in [1.165, 1.54) is 12.0 Å². The van der Waals surface area contributed by atoms with E-state index in [0.29, 0.717) is 11.8 Å². The van der Waals surface area contributed by atoms with Gasteiger partial charge in [-0.1, -0.05) is 60.1 Å². The van der Waals surface area contributed by atoms with Crippen LogP contribution in [0, 0.1) is 56.2 Å². The van der Waals surface area contributed by atoms with Gasteiger partial charge in [-0.2, -0.15) is 0 Å². The van der Waals surface area contributed by atoms with E-state index in [4.69, 9.17) is 4.99 Å². The second-order valence-corrected chi connectivity index (χ2v) is 16.9. The number of aliphatic carboxylic acids is 1. The first-order valence-corrected chi connectivity index (χ1v) is 15.9. The van der Waals surface area contributed by atoms with E-state index < -0.39 is 11.4 Å². The van der Waals surface area contributed by atoms with Crippen LogP contribution in [0.4, 0.5) is 0 Å². The Bertz CT molecular complexity index is 1120. The first-order chi connectivity index (χ1) is 18.0. The van der Waals surface area contributed by atoms with Crippen LogP contribution in [-0.2, 0) is 4.79 Å². The smallest absolute Gasteiger partial charge is 0.310 e. The Labute approximate surface area is 236 Å². The number of carboxylic acids is 1. The monoisotopic (exact) mass is 538 g/mol. The van der Waals surface area contributed by atoms with Crippen molar-refractivity contribution in [3.05, 3.63) is 11.6 Å². The fourth-order valence-corrected chi connectivity index (χ4v) is 12.0. The molecule has 9 atom stereocenters. The Morgan fingerprint density at radius 3 is 2.31 bits per heavy atom. The first kappa shape index (κ1) is 27.8. The van der Waals surface area contributed by atoms with Gasteiger partial charge in [0, 0.05) is 19.5 Å². The van der Waals surface area contributed by atoms with Crippen LogP contribution in [0.2, 0.25) is 0 Å². The molecule has 0 bridgehead atoms. The zero-order valence-corrected chi connectivity index (χ0v) is 25.9. The summed E-state index contributed by atoms with van der Waals surface area (Å²) in [6, 6.07) is 0. The van der Waals surface area contributed by atoms with E-state index in [2.05, 4.69) is 66.5 Å². The van der Waals surface area contributed by atoms with E-state index in [0.717, 1.165) is 70.3 Å². The van der Waals surface area contributed by atoms with Crippen LogP contribution in [0.5, 0.6) is 0 Å². The minimum atomic E-state index is -0.585. The molecule has 0 amide bonds. The summed E-state index contributed by atoms with van der Waals surface area (Å²) in [6.45, 7) is 18.8. The Balaban J connectivity index is 1.44. The zero-order valence-electron chi connectivity index (χ0n) is 25.9. The van der Waals surface area contributed by atoms with Gasteiger partial charge in [-0.25, -0.2) is 0 Å². The molecule has 6 aliphatic rings. The summed E-state index contributed by atoms with van der Waals surface area (Å²) in [5.74, 6) is 1.79. The van der Waals surface area contributed by atoms with Gasteiger partial charge in [-0.3, -0.25) is 9.79 Å². The van der Waals surface area contributed by atoms with Crippen molar-refractivity contribution >= 4 is 11.8 Å². The van der Waals surface area contributed by atoms with Crippen LogP contribution in [0.1, 0.15) is 106 Å². The van der Waals surface area contributed by atoms with E-state index in [-0.39, 0.29) is 45.0 Å². The minimum Gasteiger partial charge on any atom is -0.481 e. The van der Waals surface area contributed by atoms with E-state index in [9.17, 15) is 15.0 Å². The summed E-state index contributed by atoms with van der Waals surface area (Å²) >= 11 is 0. The lowest BCUT2D eigenvalue weighted by molar-refractivity contribution is -0.213. The van der Waals surface area contributed by atoms with Crippen molar-refractivity contribution in [1.29, 1.82) is 0 Å². The number of carboxylic acid groups (broad SMARTS) is 1. The van der Waals surface area contributed by atoms with Crippen LogP contribution < -0.4 is 0 Å². The van der Waals surface area contributed by atoms with Crippen molar-refractivity contribution in [1.82, 2.24) is 4.90 Å². The predicted octanol–water partition coefficient (Wildman–Crippen LogP) is 6.80. The molecule has 0 radical (unpaired) electrons. The molecule has 5 heteroatoms. The van der Waals surface area contributed by atoms with E-state index >= 15 is 0 Å². The maximum Gasteiger partial charge on any atom is 0.310 e. The summed E-state index contributed by atoms with van der Waals surface area (Å²) in [5, 5.41) is 22.4. The number of amidine groups is 1. The molecular weight excluding hydrogens is 484 g/mol. The van der Waals surface area contributed by atoms with Gasteiger partial charge < -0.3 is 15.1 Å². The van der Waals surface area contributed by atoms with Gasteiger partial charge >= 0.3 is 5.97 Å². The molecule has 0 aromatic heterocycles. The van der Waals surface area contributed by atoms with Crippen molar-refractivity contribution in [3.63, 3.8) is 0 Å². The molecule has 0 spiro atoms. The molecule has 0 aromatic rings. The molecule has 1 heterocycles. The Morgan fingerprint density at radius 1 is 0.974 bits per heavy atom. The number of likely N-dealkylation sites (N-methyl/N-ethyl adjacent to an activating group) is 1. The van der Waals surface area contributed by atoms with Gasteiger partial charge in [0.15, 0.2) is 0 Å². The molecule has 4 saturated carbocycles. The maximum atomic E-state index is 12.9. The molecule has 0 aromatic carbocycles. The first-order valence-electron chi connectivity index (χ1n) is 15.9. The summed E-state index contributed by atoms with van der Waals surface area (Å²) in [5.41, 5.74) is 1.18. The van der Waals surface area contributed by atoms with Crippen molar-refractivity contribution < 1.29 is 15.0 Å². The fraction of sp³-hybridized carbons (Fsp3) is 0.882. The van der Waals surface area contributed by atoms with Crippen LogP contribution in [-0.4, -0.2) is 53.2 Å². The second kappa shape index (κ2) is 8.35. The van der Waals surface area contributed by atoms with E-state index in [1.54, 1.807) is 0 Å². The highest BCUT2D eigenvalue weighted by molar-refractivity contribution is 5.86. The third-order valence-electron chi connectivity index (χ3n) is 14.5. The fourth-order valence-electron chi connectivity index (χ4n) is 12.0. The Kier molecular flexibility index (Phi) is 5.95. The topological polar surface area (TPSA) is 73.1 Å². The quantitative estimate of drug-likeness (QED) is 0.379. The van der Waals surface area contributed by atoms with E-state index in [1.807, 2.05) is 0 Å². The molecule has 39 heavy (non-hydrogen) atoms. The van der Waals surface area contributed by atoms with Crippen molar-refractivity contribution in [2.75, 3.05) is 20.1 Å². The maximum absolute atomic E-state index is 12.9. The van der Waals surface area contributed by atoms with Crippen LogP contribution in [0.15, 0.2) is 16.6 Å². The van der Waals surface area contributed by atoms with Gasteiger partial charge in [0.1, 0.15) is 5.84 Å². The number of hydrogen-bond acceptors (Lipinski definition) is 4. The van der Waals surface area contributed by atoms with Gasteiger partial charge in [0.05, 0.1) is 18.1 Å². The number of fused-ring (bicyclic) bond motifs is 7. The summed E-state index contributed by atoms with van der Waals surface area (Å²) in [4.78, 5) is 20.1. The molecule has 5 aliphatic carbocycles. The molecule has 0 saturated heterocycles. The third-order valence-corrected chi connectivity index (χ3v) is 14.5. The van der Waals surface area contributed by atoms with Gasteiger partial charge in [-0.15, -0.1) is 0 Å². The highest BCUT2D eigenvalue weighted by Crippen LogP contribution is 2.76. The highest BCUT2D eigenvalue weighted by atomic mass is 16.4. The van der Waals surface area contributed by atoms with Gasteiger partial charge in [0.25, 0.3) is 0 Å². The largest absolute Gasteiger partial charge is 0.481 e. The molecular formula is C34H54N2O3. The van der Waals surface area contributed by atoms with Crippen LogP contribution >= 0.6 is 0 Å². The summed E-state index contributed by atoms with van der Waals surface area (Å²) in [7, 11) is 2.14. The highest BCUT2D eigenvalue weighted by Gasteiger charge is 2.70. The number of rotatable bonds is 2. The Morgan fingerprint density at radius 2 is 1.67 bits per heavy atom. The Hall–Kier alpha value is -1.36. The average Bonchev–Trinajstić information content (AvgIpc) is 3.27. The molecule has 4 fully saturated rings. The third kappa shape index (κ3) is 3.47. The molecule has 218 valence electrons. The van der Waals surface area contributed by atoms with Crippen LogP contribution in [0.3, 0.4) is 0 Å². The standard InChI is InChI=1S/C34H54N2O3/c1-29(2)13-15-34(28(38)39)16-14-32(6)22(23(34)20-29)9-10-25-31(5)19-21(27-35-17-18-36(27)8)26(37)30(3,4)24(31)11-12-33(25,32)7/h9,21,23-26,37H,10-20H2,1-8H3,(H,38,39)/t21-,23+,24+,25-,26+,31+,32-,33-,34+/m1/s1. The van der Waals surface area contributed by atoms with Gasteiger partial charge in [-0.05, 0) is 103 Å². The molecule has 5 nitrogen and oxygen atoms in total. The SMILES string of the molecule is CN1CCN=C1[C@@H]1C[C@]2(C)[C@H]3CC=C4[C@@H]5CC(C)(C)CC[C@]5(C(=O)O)CC[C@@]4(C)[C@]3(C)CC[C@H]2C(C)(C)[C@H]1O. The number of carbonyl (C=O) groups is 1. The zero-order chi connectivity index (χ0) is 28.4. The number of allylic oxidation sites excluding steroid dienone is 2. The summed E-state index contributed by atoms with van der Waals surface area (Å²) < 4.78 is 0. The average molecular weight is 539 g/mol. The number of aliphatic hydroxyl groups is 1. The normalized spacial score (nSPS) is 50.1. The lowest BCUT2D eigenvalue weighted by Gasteiger charge is -2.71.